The monoisotopic (exact) mass is 367 g/mol. The maximum absolute atomic E-state index is 5.46. The van der Waals surface area contributed by atoms with Crippen LogP contribution in [-0.2, 0) is 0 Å². The topological polar surface area (TPSA) is 75.9 Å². The summed E-state index contributed by atoms with van der Waals surface area (Å²) < 4.78 is 1.15. The van der Waals surface area contributed by atoms with Gasteiger partial charge in [0.25, 0.3) is 0 Å². The Morgan fingerprint density at radius 2 is 1.89 bits per heavy atom. The summed E-state index contributed by atoms with van der Waals surface area (Å²) in [4.78, 5) is 8.95. The number of halogens is 1. The van der Waals surface area contributed by atoms with Crippen LogP contribution >= 0.6 is 22.6 Å². The lowest BCUT2D eigenvalue weighted by Gasteiger charge is -2.10. The second-order valence-corrected chi connectivity index (χ2v) is 5.68. The van der Waals surface area contributed by atoms with Crippen LogP contribution in [0.4, 0.5) is 17.3 Å². The van der Waals surface area contributed by atoms with Crippen LogP contribution in [0.3, 0.4) is 0 Å². The number of benzene rings is 1. The zero-order chi connectivity index (χ0) is 13.2. The van der Waals surface area contributed by atoms with E-state index in [4.69, 9.17) is 5.84 Å². The quantitative estimate of drug-likeness (QED) is 0.440. The number of hydrazine groups is 1. The van der Waals surface area contributed by atoms with Crippen molar-refractivity contribution in [2.24, 2.45) is 5.84 Å². The zero-order valence-corrected chi connectivity index (χ0v) is 12.4. The van der Waals surface area contributed by atoms with Crippen molar-refractivity contribution >= 4 is 39.9 Å². The molecule has 2 aromatic rings. The first kappa shape index (κ1) is 12.6. The largest absolute Gasteiger partial charge is 0.339 e. The summed E-state index contributed by atoms with van der Waals surface area (Å²) in [6, 6.07) is 9.89. The first-order valence-electron chi connectivity index (χ1n) is 6.13. The normalized spacial score (nSPS) is 14.2. The number of nitrogens with two attached hydrogens (primary N) is 1. The molecule has 0 spiro atoms. The Kier molecular flexibility index (Phi) is 3.52. The van der Waals surface area contributed by atoms with Crippen LogP contribution in [-0.4, -0.2) is 9.97 Å². The molecule has 1 heterocycles. The number of nitrogens with one attached hydrogen (secondary N) is 2. The van der Waals surface area contributed by atoms with E-state index in [9.17, 15) is 0 Å². The average molecular weight is 367 g/mol. The summed E-state index contributed by atoms with van der Waals surface area (Å²) in [7, 11) is 0. The van der Waals surface area contributed by atoms with Gasteiger partial charge >= 0.3 is 0 Å². The van der Waals surface area contributed by atoms with E-state index in [1.54, 1.807) is 0 Å². The van der Waals surface area contributed by atoms with Crippen LogP contribution in [0.25, 0.3) is 0 Å². The molecule has 1 aromatic carbocycles. The highest BCUT2D eigenvalue weighted by molar-refractivity contribution is 14.1. The number of nitrogens with zero attached hydrogens (tertiary/aromatic N) is 2. The summed E-state index contributed by atoms with van der Waals surface area (Å²) in [5.41, 5.74) is 3.63. The molecular weight excluding hydrogens is 353 g/mol. The smallest absolute Gasteiger partial charge is 0.145 e. The molecule has 98 valence electrons. The van der Waals surface area contributed by atoms with Gasteiger partial charge in [0, 0.05) is 15.6 Å². The number of anilines is 3. The highest BCUT2D eigenvalue weighted by Crippen LogP contribution is 2.39. The molecule has 0 aliphatic heterocycles. The number of rotatable bonds is 4. The third-order valence-corrected chi connectivity index (χ3v) is 3.91. The molecule has 6 heteroatoms. The molecule has 5 nitrogen and oxygen atoms in total. The summed E-state index contributed by atoms with van der Waals surface area (Å²) in [5, 5.41) is 3.32. The fourth-order valence-corrected chi connectivity index (χ4v) is 2.35. The van der Waals surface area contributed by atoms with Gasteiger partial charge in [0.15, 0.2) is 0 Å². The van der Waals surface area contributed by atoms with E-state index in [0.29, 0.717) is 11.7 Å². The minimum Gasteiger partial charge on any atom is -0.339 e. The minimum atomic E-state index is 0.490. The lowest BCUT2D eigenvalue weighted by Crippen LogP contribution is -2.11. The Labute approximate surface area is 125 Å². The molecule has 4 N–H and O–H groups in total. The molecule has 0 saturated heterocycles. The highest BCUT2D eigenvalue weighted by Gasteiger charge is 2.27. The fourth-order valence-electron chi connectivity index (χ4n) is 1.83. The standard InChI is InChI=1S/C13H14IN5/c14-9-3-1-2-4-10(9)16-11-7-12(19-15)18-13(17-11)8-5-6-8/h1-4,7-8H,5-6,15H2,(H2,16,17,18,19). The Bertz CT molecular complexity index is 597. The van der Waals surface area contributed by atoms with Gasteiger partial charge < -0.3 is 10.7 Å². The van der Waals surface area contributed by atoms with E-state index < -0.39 is 0 Å². The van der Waals surface area contributed by atoms with Crippen molar-refractivity contribution in [2.45, 2.75) is 18.8 Å². The van der Waals surface area contributed by atoms with Gasteiger partial charge in [0.1, 0.15) is 17.5 Å². The first-order chi connectivity index (χ1) is 9.26. The average Bonchev–Trinajstić information content (AvgIpc) is 3.25. The lowest BCUT2D eigenvalue weighted by molar-refractivity contribution is 0.929. The molecule has 1 fully saturated rings. The second kappa shape index (κ2) is 5.30. The molecule has 1 aliphatic rings. The Balaban J connectivity index is 1.91. The van der Waals surface area contributed by atoms with Crippen molar-refractivity contribution in [3.8, 4) is 0 Å². The third-order valence-electron chi connectivity index (χ3n) is 2.97. The Hall–Kier alpha value is -1.41. The highest BCUT2D eigenvalue weighted by atomic mass is 127. The molecule has 0 radical (unpaired) electrons. The third kappa shape index (κ3) is 2.95. The molecule has 3 rings (SSSR count). The van der Waals surface area contributed by atoms with E-state index in [1.165, 1.54) is 0 Å². The van der Waals surface area contributed by atoms with Gasteiger partial charge in [0.05, 0.1) is 5.69 Å². The number of nitrogen functional groups attached to an aromatic ring is 1. The van der Waals surface area contributed by atoms with Crippen LogP contribution in [0.2, 0.25) is 0 Å². The maximum atomic E-state index is 5.46. The van der Waals surface area contributed by atoms with Gasteiger partial charge in [-0.3, -0.25) is 0 Å². The van der Waals surface area contributed by atoms with E-state index in [0.717, 1.165) is 33.7 Å². The minimum absolute atomic E-state index is 0.490. The van der Waals surface area contributed by atoms with Crippen molar-refractivity contribution in [3.63, 3.8) is 0 Å². The molecule has 1 aromatic heterocycles. The Morgan fingerprint density at radius 1 is 1.16 bits per heavy atom. The molecular formula is C13H14IN5. The van der Waals surface area contributed by atoms with Crippen molar-refractivity contribution in [2.75, 3.05) is 10.7 Å². The van der Waals surface area contributed by atoms with Gasteiger partial charge in [-0.2, -0.15) is 0 Å². The molecule has 0 unspecified atom stereocenters. The predicted octanol–water partition coefficient (Wildman–Crippen LogP) is 2.99. The first-order valence-corrected chi connectivity index (χ1v) is 7.21. The molecule has 0 atom stereocenters. The van der Waals surface area contributed by atoms with Gasteiger partial charge in [0.2, 0.25) is 0 Å². The number of aromatic nitrogens is 2. The van der Waals surface area contributed by atoms with Gasteiger partial charge in [-0.15, -0.1) is 0 Å². The molecule has 0 bridgehead atoms. The summed E-state index contributed by atoms with van der Waals surface area (Å²) in [6.45, 7) is 0. The second-order valence-electron chi connectivity index (χ2n) is 4.52. The lowest BCUT2D eigenvalue weighted by atomic mass is 10.3. The van der Waals surface area contributed by atoms with Crippen molar-refractivity contribution in [1.29, 1.82) is 0 Å². The molecule has 0 amide bonds. The van der Waals surface area contributed by atoms with Crippen LogP contribution in [0.5, 0.6) is 0 Å². The van der Waals surface area contributed by atoms with Crippen molar-refractivity contribution in [3.05, 3.63) is 39.7 Å². The van der Waals surface area contributed by atoms with Crippen LogP contribution < -0.4 is 16.6 Å². The van der Waals surface area contributed by atoms with Crippen LogP contribution in [0.1, 0.15) is 24.6 Å². The van der Waals surface area contributed by atoms with E-state index in [-0.39, 0.29) is 0 Å². The van der Waals surface area contributed by atoms with Crippen LogP contribution in [0, 0.1) is 3.57 Å². The Morgan fingerprint density at radius 3 is 2.58 bits per heavy atom. The molecule has 1 saturated carbocycles. The van der Waals surface area contributed by atoms with Gasteiger partial charge in [-0.1, -0.05) is 12.1 Å². The van der Waals surface area contributed by atoms with Gasteiger partial charge in [-0.25, -0.2) is 15.8 Å². The summed E-state index contributed by atoms with van der Waals surface area (Å²) in [6.07, 6.45) is 2.33. The fraction of sp³-hybridized carbons (Fsp3) is 0.231. The summed E-state index contributed by atoms with van der Waals surface area (Å²) >= 11 is 2.29. The zero-order valence-electron chi connectivity index (χ0n) is 10.2. The summed E-state index contributed by atoms with van der Waals surface area (Å²) in [5.74, 6) is 8.23. The van der Waals surface area contributed by atoms with Crippen LogP contribution in [0.15, 0.2) is 30.3 Å². The molecule has 1 aliphatic carbocycles. The maximum Gasteiger partial charge on any atom is 0.145 e. The van der Waals surface area contributed by atoms with Gasteiger partial charge in [-0.05, 0) is 47.6 Å². The van der Waals surface area contributed by atoms with Crippen molar-refractivity contribution in [1.82, 2.24) is 9.97 Å². The number of hydrogen-bond acceptors (Lipinski definition) is 5. The number of hydrogen-bond donors (Lipinski definition) is 3. The van der Waals surface area contributed by atoms with E-state index >= 15 is 0 Å². The predicted molar refractivity (Wildman–Crippen MR) is 84.3 cm³/mol. The number of para-hydroxylation sites is 1. The molecule has 19 heavy (non-hydrogen) atoms. The van der Waals surface area contributed by atoms with Crippen molar-refractivity contribution < 1.29 is 0 Å². The SMILES string of the molecule is NNc1cc(Nc2ccccc2I)nc(C2CC2)n1. The van der Waals surface area contributed by atoms with E-state index in [1.807, 2.05) is 30.3 Å². The van der Waals surface area contributed by atoms with E-state index in [2.05, 4.69) is 43.3 Å².